The minimum absolute atomic E-state index is 0.194. The molecular weight excluding hydrogens is 333 g/mol. The number of rotatable bonds is 7. The van der Waals surface area contributed by atoms with E-state index in [2.05, 4.69) is 11.2 Å². The topological polar surface area (TPSA) is 41.5 Å². The van der Waals surface area contributed by atoms with E-state index in [1.165, 1.54) is 0 Å². The van der Waals surface area contributed by atoms with Gasteiger partial charge in [0.25, 0.3) is 0 Å². The second-order valence-electron chi connectivity index (χ2n) is 4.98. The van der Waals surface area contributed by atoms with Crippen molar-refractivity contribution in [2.24, 2.45) is 0 Å². The summed E-state index contributed by atoms with van der Waals surface area (Å²) < 4.78 is 5.54. The number of hydrogen-bond donors (Lipinski definition) is 2. The average Bonchev–Trinajstić information content (AvgIpc) is 2.53. The number of aliphatic hydroxyl groups is 1. The molecule has 0 saturated carbocycles. The van der Waals surface area contributed by atoms with Crippen molar-refractivity contribution in [3.63, 3.8) is 0 Å². The summed E-state index contributed by atoms with van der Waals surface area (Å²) in [5.41, 5.74) is 1.92. The fraction of sp³-hybridized carbons (Fsp3) is 0.222. The third-order valence-electron chi connectivity index (χ3n) is 3.10. The van der Waals surface area contributed by atoms with Gasteiger partial charge in [0.05, 0.1) is 6.54 Å². The maximum absolute atomic E-state index is 9.75. The smallest absolute Gasteiger partial charge is 0.119 e. The average molecular weight is 350 g/mol. The summed E-state index contributed by atoms with van der Waals surface area (Å²) in [6, 6.07) is 12.9. The van der Waals surface area contributed by atoms with E-state index in [0.29, 0.717) is 28.9 Å². The van der Waals surface area contributed by atoms with Crippen LogP contribution in [0.1, 0.15) is 0 Å². The van der Waals surface area contributed by atoms with Gasteiger partial charge in [-0.05, 0) is 41.5 Å². The SMILES string of the molecule is C#CCNCC(O)COc1ccc(-c2cc(Cl)cc(Cl)c2)cc1. The van der Waals surface area contributed by atoms with Crippen LogP contribution in [-0.4, -0.2) is 30.9 Å². The zero-order chi connectivity index (χ0) is 16.7. The summed E-state index contributed by atoms with van der Waals surface area (Å²) in [6.07, 6.45) is 4.50. The zero-order valence-corrected chi connectivity index (χ0v) is 13.9. The van der Waals surface area contributed by atoms with Gasteiger partial charge in [-0.15, -0.1) is 6.42 Å². The van der Waals surface area contributed by atoms with Gasteiger partial charge in [-0.2, -0.15) is 0 Å². The van der Waals surface area contributed by atoms with Crippen molar-refractivity contribution in [1.29, 1.82) is 0 Å². The molecule has 2 aromatic rings. The molecule has 0 aliphatic rings. The van der Waals surface area contributed by atoms with Crippen molar-refractivity contribution in [2.45, 2.75) is 6.10 Å². The highest BCUT2D eigenvalue weighted by atomic mass is 35.5. The quantitative estimate of drug-likeness (QED) is 0.592. The minimum atomic E-state index is -0.616. The van der Waals surface area contributed by atoms with Gasteiger partial charge in [-0.1, -0.05) is 41.3 Å². The van der Waals surface area contributed by atoms with E-state index in [-0.39, 0.29) is 6.61 Å². The zero-order valence-electron chi connectivity index (χ0n) is 12.4. The molecule has 0 fully saturated rings. The number of benzene rings is 2. The summed E-state index contributed by atoms with van der Waals surface area (Å²) in [5, 5.41) is 13.9. The van der Waals surface area contributed by atoms with Crippen molar-refractivity contribution in [3.05, 3.63) is 52.5 Å². The van der Waals surface area contributed by atoms with E-state index in [9.17, 15) is 5.11 Å². The van der Waals surface area contributed by atoms with Crippen molar-refractivity contribution >= 4 is 23.2 Å². The largest absolute Gasteiger partial charge is 0.491 e. The van der Waals surface area contributed by atoms with Crippen LogP contribution >= 0.6 is 23.2 Å². The van der Waals surface area contributed by atoms with E-state index in [0.717, 1.165) is 11.1 Å². The van der Waals surface area contributed by atoms with Crippen molar-refractivity contribution < 1.29 is 9.84 Å². The van der Waals surface area contributed by atoms with E-state index < -0.39 is 6.10 Å². The van der Waals surface area contributed by atoms with Crippen LogP contribution in [0.5, 0.6) is 5.75 Å². The van der Waals surface area contributed by atoms with Gasteiger partial charge in [0.2, 0.25) is 0 Å². The van der Waals surface area contributed by atoms with Crippen molar-refractivity contribution in [1.82, 2.24) is 5.32 Å². The van der Waals surface area contributed by atoms with Crippen LogP contribution in [0.2, 0.25) is 10.0 Å². The standard InChI is InChI=1S/C18H17Cl2NO2/c1-2-7-21-11-17(22)12-23-18-5-3-13(4-6-18)14-8-15(19)10-16(20)9-14/h1,3-6,8-10,17,21-22H,7,11-12H2. The first-order valence-electron chi connectivity index (χ1n) is 7.10. The van der Waals surface area contributed by atoms with E-state index in [4.69, 9.17) is 34.4 Å². The molecule has 1 unspecified atom stereocenters. The molecule has 120 valence electrons. The maximum atomic E-state index is 9.75. The normalized spacial score (nSPS) is 11.7. The molecule has 0 aliphatic heterocycles. The van der Waals surface area contributed by atoms with Crippen molar-refractivity contribution in [3.8, 4) is 29.2 Å². The molecule has 0 saturated heterocycles. The Labute approximate surface area is 146 Å². The molecule has 0 heterocycles. The van der Waals surface area contributed by atoms with E-state index >= 15 is 0 Å². The summed E-state index contributed by atoms with van der Waals surface area (Å²) in [5.74, 6) is 3.12. The fourth-order valence-corrected chi connectivity index (χ4v) is 2.55. The van der Waals surface area contributed by atoms with Gasteiger partial charge >= 0.3 is 0 Å². The number of halogens is 2. The molecule has 2 rings (SSSR count). The van der Waals surface area contributed by atoms with Gasteiger partial charge < -0.3 is 15.2 Å². The van der Waals surface area contributed by atoms with Crippen LogP contribution < -0.4 is 10.1 Å². The molecule has 0 radical (unpaired) electrons. The molecular formula is C18H17Cl2NO2. The van der Waals surface area contributed by atoms with E-state index in [1.807, 2.05) is 36.4 Å². The fourth-order valence-electron chi connectivity index (χ4n) is 2.03. The lowest BCUT2D eigenvalue weighted by molar-refractivity contribution is 0.107. The number of ether oxygens (including phenoxy) is 1. The van der Waals surface area contributed by atoms with Crippen molar-refractivity contribution in [2.75, 3.05) is 19.7 Å². The van der Waals surface area contributed by atoms with Crippen LogP contribution in [0.25, 0.3) is 11.1 Å². The lowest BCUT2D eigenvalue weighted by Gasteiger charge is -2.13. The Morgan fingerprint density at radius 3 is 2.35 bits per heavy atom. The van der Waals surface area contributed by atoms with Crippen LogP contribution in [0.4, 0.5) is 0 Å². The van der Waals surface area contributed by atoms with Gasteiger partial charge in [0, 0.05) is 16.6 Å². The predicted octanol–water partition coefficient (Wildman–Crippen LogP) is 3.62. The molecule has 1 atom stereocenters. The third kappa shape index (κ3) is 5.78. The van der Waals surface area contributed by atoms with Gasteiger partial charge in [-0.25, -0.2) is 0 Å². The molecule has 5 heteroatoms. The van der Waals surface area contributed by atoms with Crippen LogP contribution in [-0.2, 0) is 0 Å². The molecule has 2 N–H and O–H groups in total. The third-order valence-corrected chi connectivity index (χ3v) is 3.54. The monoisotopic (exact) mass is 349 g/mol. The first-order valence-corrected chi connectivity index (χ1v) is 7.85. The Balaban J connectivity index is 1.93. The summed E-state index contributed by atoms with van der Waals surface area (Å²) >= 11 is 12.0. The molecule has 0 spiro atoms. The first kappa shape index (κ1) is 17.7. The molecule has 0 bridgehead atoms. The highest BCUT2D eigenvalue weighted by Gasteiger charge is 2.06. The van der Waals surface area contributed by atoms with E-state index in [1.54, 1.807) is 6.07 Å². The van der Waals surface area contributed by atoms with Crippen LogP contribution in [0, 0.1) is 12.3 Å². The predicted molar refractivity (Wildman–Crippen MR) is 95.1 cm³/mol. The summed E-state index contributed by atoms with van der Waals surface area (Å²) in [6.45, 7) is 1.01. The Bertz CT molecular complexity index is 660. The molecule has 0 aromatic heterocycles. The Kier molecular flexibility index (Phi) is 6.76. The second kappa shape index (κ2) is 8.81. The molecule has 0 amide bonds. The maximum Gasteiger partial charge on any atom is 0.119 e. The Hall–Kier alpha value is -1.70. The lowest BCUT2D eigenvalue weighted by Crippen LogP contribution is -2.31. The summed E-state index contributed by atoms with van der Waals surface area (Å²) in [7, 11) is 0. The highest BCUT2D eigenvalue weighted by molar-refractivity contribution is 6.35. The number of aliphatic hydroxyl groups excluding tert-OH is 1. The van der Waals surface area contributed by atoms with Gasteiger partial charge in [0.15, 0.2) is 0 Å². The first-order chi connectivity index (χ1) is 11.1. The Morgan fingerprint density at radius 1 is 1.09 bits per heavy atom. The van der Waals surface area contributed by atoms with Crippen LogP contribution in [0.3, 0.4) is 0 Å². The number of hydrogen-bond acceptors (Lipinski definition) is 3. The molecule has 23 heavy (non-hydrogen) atoms. The summed E-state index contributed by atoms with van der Waals surface area (Å²) in [4.78, 5) is 0. The van der Waals surface area contributed by atoms with Crippen LogP contribution in [0.15, 0.2) is 42.5 Å². The lowest BCUT2D eigenvalue weighted by atomic mass is 10.1. The number of nitrogens with one attached hydrogen (secondary N) is 1. The molecule has 0 aliphatic carbocycles. The molecule has 2 aromatic carbocycles. The second-order valence-corrected chi connectivity index (χ2v) is 5.86. The van der Waals surface area contributed by atoms with Gasteiger partial charge in [-0.3, -0.25) is 0 Å². The van der Waals surface area contributed by atoms with Gasteiger partial charge in [0.1, 0.15) is 18.5 Å². The molecule has 3 nitrogen and oxygen atoms in total. The Morgan fingerprint density at radius 2 is 1.74 bits per heavy atom. The minimum Gasteiger partial charge on any atom is -0.491 e. The highest BCUT2D eigenvalue weighted by Crippen LogP contribution is 2.28. The number of terminal acetylenes is 1.